The van der Waals surface area contributed by atoms with E-state index in [-0.39, 0.29) is 11.6 Å². The molecule has 0 aromatic carbocycles. The average Bonchev–Trinajstić information content (AvgIpc) is 2.90. The van der Waals surface area contributed by atoms with Gasteiger partial charge >= 0.3 is 0 Å². The summed E-state index contributed by atoms with van der Waals surface area (Å²) in [6.45, 7) is 10.4. The number of aromatic nitrogens is 2. The summed E-state index contributed by atoms with van der Waals surface area (Å²) >= 11 is 0. The van der Waals surface area contributed by atoms with Crippen molar-refractivity contribution in [3.05, 3.63) is 18.0 Å². The normalized spacial score (nSPS) is 22.6. The second kappa shape index (κ2) is 5.86. The van der Waals surface area contributed by atoms with Gasteiger partial charge in [-0.2, -0.15) is 5.10 Å². The topological polar surface area (TPSA) is 53.1 Å². The van der Waals surface area contributed by atoms with Crippen LogP contribution in [-0.4, -0.2) is 22.0 Å². The van der Waals surface area contributed by atoms with Crippen LogP contribution in [0.5, 0.6) is 0 Å². The molecule has 1 saturated carbocycles. The van der Waals surface area contributed by atoms with Gasteiger partial charge in [0.05, 0.1) is 17.8 Å². The number of hydrogen-bond donors (Lipinski definition) is 1. The zero-order valence-electron chi connectivity index (χ0n) is 13.4. The third-order valence-corrected chi connectivity index (χ3v) is 4.78. The van der Waals surface area contributed by atoms with Gasteiger partial charge in [0, 0.05) is 24.9 Å². The highest BCUT2D eigenvalue weighted by Crippen LogP contribution is 2.46. The van der Waals surface area contributed by atoms with E-state index in [2.05, 4.69) is 39.0 Å². The highest BCUT2D eigenvalue weighted by molar-refractivity contribution is 5.16. The lowest BCUT2D eigenvalue weighted by Gasteiger charge is -2.46. The Hall–Kier alpha value is -0.870. The first-order valence-electron chi connectivity index (χ1n) is 7.84. The number of nitrogens with two attached hydrogens (primary N) is 1. The molecule has 1 fully saturated rings. The summed E-state index contributed by atoms with van der Waals surface area (Å²) in [5, 5.41) is 4.35. The lowest BCUT2D eigenvalue weighted by Crippen LogP contribution is -2.47. The molecule has 0 radical (unpaired) electrons. The third kappa shape index (κ3) is 3.07. The fraction of sp³-hybridized carbons (Fsp3) is 0.812. The summed E-state index contributed by atoms with van der Waals surface area (Å²) in [5.74, 6) is 0. The maximum Gasteiger partial charge on any atom is 0.0875 e. The van der Waals surface area contributed by atoms with E-state index in [1.165, 1.54) is 12.8 Å². The highest BCUT2D eigenvalue weighted by Gasteiger charge is 2.44. The largest absolute Gasteiger partial charge is 0.373 e. The number of aryl methyl sites for hydroxylation is 1. The Morgan fingerprint density at radius 2 is 1.95 bits per heavy atom. The molecule has 0 saturated heterocycles. The van der Waals surface area contributed by atoms with Crippen LogP contribution in [0.1, 0.15) is 65.0 Å². The molecule has 0 spiro atoms. The maximum absolute atomic E-state index is 6.57. The monoisotopic (exact) mass is 279 g/mol. The minimum absolute atomic E-state index is 0.0844. The molecule has 4 heteroatoms. The standard InChI is InChI=1S/C16H29N3O/c1-5-19-12-13(11-18-19)14(17)16(20-6-2)9-7-15(3,4)8-10-16/h11-12,14H,5-10,17H2,1-4H3. The van der Waals surface area contributed by atoms with Crippen molar-refractivity contribution < 1.29 is 4.74 Å². The molecule has 1 aliphatic rings. The van der Waals surface area contributed by atoms with Gasteiger partial charge in [0.2, 0.25) is 0 Å². The van der Waals surface area contributed by atoms with E-state index in [0.717, 1.165) is 31.6 Å². The van der Waals surface area contributed by atoms with Crippen LogP contribution in [0.3, 0.4) is 0 Å². The Balaban J connectivity index is 2.19. The van der Waals surface area contributed by atoms with Gasteiger partial charge in [0.1, 0.15) is 0 Å². The summed E-state index contributed by atoms with van der Waals surface area (Å²) in [4.78, 5) is 0. The number of nitrogens with zero attached hydrogens (tertiary/aromatic N) is 2. The van der Waals surface area contributed by atoms with Crippen molar-refractivity contribution in [2.75, 3.05) is 6.61 Å². The van der Waals surface area contributed by atoms with Gasteiger partial charge in [-0.3, -0.25) is 4.68 Å². The van der Waals surface area contributed by atoms with E-state index in [9.17, 15) is 0 Å². The molecule has 1 aromatic heterocycles. The SMILES string of the molecule is CCOC1(C(N)c2cnn(CC)c2)CCC(C)(C)CC1. The first kappa shape index (κ1) is 15.5. The first-order chi connectivity index (χ1) is 9.42. The summed E-state index contributed by atoms with van der Waals surface area (Å²) in [5.41, 5.74) is 7.86. The lowest BCUT2D eigenvalue weighted by atomic mass is 9.68. The summed E-state index contributed by atoms with van der Waals surface area (Å²) in [7, 11) is 0. The van der Waals surface area contributed by atoms with Crippen LogP contribution in [0, 0.1) is 5.41 Å². The molecule has 2 rings (SSSR count). The van der Waals surface area contributed by atoms with Crippen molar-refractivity contribution in [1.29, 1.82) is 0 Å². The van der Waals surface area contributed by atoms with Crippen LogP contribution in [0.2, 0.25) is 0 Å². The Morgan fingerprint density at radius 3 is 2.45 bits per heavy atom. The van der Waals surface area contributed by atoms with Crippen molar-refractivity contribution in [3.63, 3.8) is 0 Å². The molecular formula is C16H29N3O. The molecule has 20 heavy (non-hydrogen) atoms. The second-order valence-corrected chi connectivity index (χ2v) is 6.77. The van der Waals surface area contributed by atoms with Gasteiger partial charge in [0.25, 0.3) is 0 Å². The van der Waals surface area contributed by atoms with Gasteiger partial charge in [0.15, 0.2) is 0 Å². The van der Waals surface area contributed by atoms with Crippen LogP contribution < -0.4 is 5.73 Å². The highest BCUT2D eigenvalue weighted by atomic mass is 16.5. The predicted octanol–water partition coefficient (Wildman–Crippen LogP) is 3.28. The van der Waals surface area contributed by atoms with Crippen molar-refractivity contribution in [2.24, 2.45) is 11.1 Å². The van der Waals surface area contributed by atoms with E-state index in [1.54, 1.807) is 0 Å². The van der Waals surface area contributed by atoms with E-state index in [1.807, 2.05) is 10.9 Å². The van der Waals surface area contributed by atoms with Gasteiger partial charge < -0.3 is 10.5 Å². The van der Waals surface area contributed by atoms with Crippen LogP contribution in [0.25, 0.3) is 0 Å². The summed E-state index contributed by atoms with van der Waals surface area (Å²) < 4.78 is 8.09. The molecule has 1 atom stereocenters. The van der Waals surface area contributed by atoms with Crippen LogP contribution in [-0.2, 0) is 11.3 Å². The lowest BCUT2D eigenvalue weighted by molar-refractivity contribution is -0.100. The summed E-state index contributed by atoms with van der Waals surface area (Å²) in [6, 6.07) is -0.0844. The Morgan fingerprint density at radius 1 is 1.30 bits per heavy atom. The summed E-state index contributed by atoms with van der Waals surface area (Å²) in [6.07, 6.45) is 8.36. The van der Waals surface area contributed by atoms with Crippen molar-refractivity contribution in [3.8, 4) is 0 Å². The smallest absolute Gasteiger partial charge is 0.0875 e. The second-order valence-electron chi connectivity index (χ2n) is 6.77. The predicted molar refractivity (Wildman–Crippen MR) is 81.4 cm³/mol. The molecule has 1 heterocycles. The molecule has 1 unspecified atom stereocenters. The minimum atomic E-state index is -0.216. The van der Waals surface area contributed by atoms with Crippen LogP contribution >= 0.6 is 0 Å². The molecule has 1 aromatic rings. The van der Waals surface area contributed by atoms with Gasteiger partial charge in [-0.25, -0.2) is 0 Å². The molecule has 4 nitrogen and oxygen atoms in total. The van der Waals surface area contributed by atoms with Crippen molar-refractivity contribution in [2.45, 2.75) is 71.6 Å². The molecule has 1 aliphatic carbocycles. The van der Waals surface area contributed by atoms with Gasteiger partial charge in [-0.15, -0.1) is 0 Å². The fourth-order valence-corrected chi connectivity index (χ4v) is 3.20. The molecule has 0 amide bonds. The number of rotatable bonds is 5. The zero-order chi connectivity index (χ0) is 14.8. The van der Waals surface area contributed by atoms with Crippen molar-refractivity contribution >= 4 is 0 Å². The molecule has 0 bridgehead atoms. The number of ether oxygens (including phenoxy) is 1. The van der Waals surface area contributed by atoms with Crippen LogP contribution in [0.4, 0.5) is 0 Å². The quantitative estimate of drug-likeness (QED) is 0.900. The van der Waals surface area contributed by atoms with Crippen molar-refractivity contribution in [1.82, 2.24) is 9.78 Å². The number of hydrogen-bond acceptors (Lipinski definition) is 3. The third-order valence-electron chi connectivity index (χ3n) is 4.78. The van der Waals surface area contributed by atoms with E-state index in [4.69, 9.17) is 10.5 Å². The van der Waals surface area contributed by atoms with E-state index in [0.29, 0.717) is 5.41 Å². The first-order valence-corrected chi connectivity index (χ1v) is 7.84. The Bertz CT molecular complexity index is 429. The Kier molecular flexibility index (Phi) is 4.55. The molecule has 114 valence electrons. The molecular weight excluding hydrogens is 250 g/mol. The van der Waals surface area contributed by atoms with Gasteiger partial charge in [-0.1, -0.05) is 13.8 Å². The average molecular weight is 279 g/mol. The minimum Gasteiger partial charge on any atom is -0.373 e. The Labute approximate surface area is 122 Å². The fourth-order valence-electron chi connectivity index (χ4n) is 3.20. The molecule has 0 aliphatic heterocycles. The zero-order valence-corrected chi connectivity index (χ0v) is 13.4. The van der Waals surface area contributed by atoms with E-state index >= 15 is 0 Å². The van der Waals surface area contributed by atoms with Gasteiger partial charge in [-0.05, 0) is 44.9 Å². The maximum atomic E-state index is 6.57. The van der Waals surface area contributed by atoms with Crippen LogP contribution in [0.15, 0.2) is 12.4 Å². The molecule has 2 N–H and O–H groups in total. The van der Waals surface area contributed by atoms with E-state index < -0.39 is 0 Å².